The topological polar surface area (TPSA) is 12.9 Å². The fourth-order valence-corrected chi connectivity index (χ4v) is 4.47. The van der Waals surface area contributed by atoms with Gasteiger partial charge in [0.15, 0.2) is 0 Å². The van der Waals surface area contributed by atoms with Crippen molar-refractivity contribution < 1.29 is 0 Å². The van der Waals surface area contributed by atoms with Gasteiger partial charge in [0.2, 0.25) is 0 Å². The summed E-state index contributed by atoms with van der Waals surface area (Å²) in [4.78, 5) is 4.76. The van der Waals surface area contributed by atoms with Crippen LogP contribution >= 0.6 is 0 Å². The van der Waals surface area contributed by atoms with Crippen LogP contribution in [0.1, 0.15) is 45.2 Å². The SMILES string of the molecule is CC1(C)CC(C)(C)c2c1cnc1ccc3ccccc3c21. The second-order valence-electron chi connectivity index (χ2n) is 7.67. The van der Waals surface area contributed by atoms with E-state index in [0.717, 1.165) is 5.52 Å². The van der Waals surface area contributed by atoms with Crippen LogP contribution in [0.3, 0.4) is 0 Å². The smallest absolute Gasteiger partial charge is 0.0711 e. The number of hydrogen-bond donors (Lipinski definition) is 0. The summed E-state index contributed by atoms with van der Waals surface area (Å²) in [5.41, 5.74) is 4.46. The summed E-state index contributed by atoms with van der Waals surface area (Å²) in [6.45, 7) is 9.45. The number of rotatable bonds is 0. The molecule has 106 valence electrons. The maximum absolute atomic E-state index is 4.76. The van der Waals surface area contributed by atoms with Crippen molar-refractivity contribution >= 4 is 21.7 Å². The lowest BCUT2D eigenvalue weighted by molar-refractivity contribution is 0.404. The van der Waals surface area contributed by atoms with E-state index < -0.39 is 0 Å². The molecule has 1 aromatic heterocycles. The lowest BCUT2D eigenvalue weighted by atomic mass is 9.81. The van der Waals surface area contributed by atoms with E-state index in [1.165, 1.54) is 33.7 Å². The first-order chi connectivity index (χ1) is 9.90. The predicted octanol–water partition coefficient (Wildman–Crippen LogP) is 5.35. The third-order valence-electron chi connectivity index (χ3n) is 5.05. The van der Waals surface area contributed by atoms with E-state index >= 15 is 0 Å². The Bertz CT molecular complexity index is 872. The van der Waals surface area contributed by atoms with Crippen LogP contribution in [0.4, 0.5) is 0 Å². The van der Waals surface area contributed by atoms with Crippen molar-refractivity contribution in [2.24, 2.45) is 0 Å². The van der Waals surface area contributed by atoms with Crippen molar-refractivity contribution in [1.82, 2.24) is 4.98 Å². The second-order valence-corrected chi connectivity index (χ2v) is 7.67. The largest absolute Gasteiger partial charge is 0.256 e. The third-order valence-corrected chi connectivity index (χ3v) is 5.05. The maximum Gasteiger partial charge on any atom is 0.0711 e. The third kappa shape index (κ3) is 1.67. The molecule has 1 heterocycles. The molecule has 0 aliphatic heterocycles. The lowest BCUT2D eigenvalue weighted by Gasteiger charge is -2.23. The first-order valence-corrected chi connectivity index (χ1v) is 7.72. The highest BCUT2D eigenvalue weighted by molar-refractivity contribution is 6.08. The van der Waals surface area contributed by atoms with Crippen molar-refractivity contribution in [2.75, 3.05) is 0 Å². The Hall–Kier alpha value is -1.89. The summed E-state index contributed by atoms with van der Waals surface area (Å²) in [7, 11) is 0. The van der Waals surface area contributed by atoms with E-state index in [1.54, 1.807) is 0 Å². The van der Waals surface area contributed by atoms with Crippen LogP contribution in [0.25, 0.3) is 21.7 Å². The Balaban J connectivity index is 2.26. The van der Waals surface area contributed by atoms with Crippen molar-refractivity contribution in [3.63, 3.8) is 0 Å². The Kier molecular flexibility index (Phi) is 2.35. The van der Waals surface area contributed by atoms with Gasteiger partial charge in [0, 0.05) is 11.6 Å². The Morgan fingerprint density at radius 3 is 2.48 bits per heavy atom. The van der Waals surface area contributed by atoms with Crippen LogP contribution < -0.4 is 0 Å². The number of nitrogens with zero attached hydrogens (tertiary/aromatic N) is 1. The molecular formula is C20H21N. The summed E-state index contributed by atoms with van der Waals surface area (Å²) in [6.07, 6.45) is 3.29. The normalized spacial score (nSPS) is 19.0. The van der Waals surface area contributed by atoms with E-state index in [2.05, 4.69) is 70.3 Å². The molecule has 1 aliphatic rings. The summed E-state index contributed by atoms with van der Waals surface area (Å²) >= 11 is 0. The molecule has 3 aromatic rings. The molecule has 1 nitrogen and oxygen atoms in total. The van der Waals surface area contributed by atoms with Crippen LogP contribution in [0.2, 0.25) is 0 Å². The summed E-state index contributed by atoms with van der Waals surface area (Å²) in [6, 6.07) is 13.0. The molecule has 4 rings (SSSR count). The highest BCUT2D eigenvalue weighted by atomic mass is 14.7. The van der Waals surface area contributed by atoms with Crippen LogP contribution in [0, 0.1) is 0 Å². The summed E-state index contributed by atoms with van der Waals surface area (Å²) in [5, 5.41) is 4.01. The maximum atomic E-state index is 4.76. The quantitative estimate of drug-likeness (QED) is 0.504. The number of pyridine rings is 1. The molecule has 0 saturated heterocycles. The Morgan fingerprint density at radius 1 is 0.905 bits per heavy atom. The van der Waals surface area contributed by atoms with Gasteiger partial charge < -0.3 is 0 Å². The molecule has 0 saturated carbocycles. The zero-order chi connectivity index (χ0) is 14.8. The molecule has 0 fully saturated rings. The van der Waals surface area contributed by atoms with Crippen LogP contribution in [-0.2, 0) is 10.8 Å². The minimum absolute atomic E-state index is 0.199. The zero-order valence-electron chi connectivity index (χ0n) is 13.2. The van der Waals surface area contributed by atoms with Gasteiger partial charge in [-0.1, -0.05) is 58.0 Å². The van der Waals surface area contributed by atoms with E-state index in [0.29, 0.717) is 0 Å². The van der Waals surface area contributed by atoms with E-state index in [9.17, 15) is 0 Å². The molecule has 0 atom stereocenters. The number of hydrogen-bond acceptors (Lipinski definition) is 1. The summed E-state index contributed by atoms with van der Waals surface area (Å²) in [5.74, 6) is 0. The van der Waals surface area contributed by atoms with Crippen LogP contribution in [0.15, 0.2) is 42.6 Å². The van der Waals surface area contributed by atoms with Gasteiger partial charge in [-0.15, -0.1) is 0 Å². The molecule has 0 bridgehead atoms. The molecule has 0 radical (unpaired) electrons. The van der Waals surface area contributed by atoms with Crippen LogP contribution in [0.5, 0.6) is 0 Å². The van der Waals surface area contributed by atoms with Gasteiger partial charge in [0.25, 0.3) is 0 Å². The minimum atomic E-state index is 0.199. The highest BCUT2D eigenvalue weighted by Gasteiger charge is 2.43. The van der Waals surface area contributed by atoms with Crippen LogP contribution in [-0.4, -0.2) is 4.98 Å². The monoisotopic (exact) mass is 275 g/mol. The lowest BCUT2D eigenvalue weighted by Crippen LogP contribution is -2.18. The molecule has 1 heteroatoms. The van der Waals surface area contributed by atoms with E-state index in [4.69, 9.17) is 4.98 Å². The predicted molar refractivity (Wildman–Crippen MR) is 89.9 cm³/mol. The van der Waals surface area contributed by atoms with Gasteiger partial charge in [-0.2, -0.15) is 0 Å². The van der Waals surface area contributed by atoms with Gasteiger partial charge in [0.05, 0.1) is 5.52 Å². The molecule has 0 spiro atoms. The molecular weight excluding hydrogens is 254 g/mol. The first-order valence-electron chi connectivity index (χ1n) is 7.72. The zero-order valence-corrected chi connectivity index (χ0v) is 13.2. The highest BCUT2D eigenvalue weighted by Crippen LogP contribution is 2.52. The number of benzene rings is 2. The van der Waals surface area contributed by atoms with Crippen molar-refractivity contribution in [1.29, 1.82) is 0 Å². The standard InChI is InChI=1S/C20H21N/c1-19(2)12-20(3,4)18-15(19)11-21-16-10-9-13-7-5-6-8-14(13)17(16)18/h5-11H,12H2,1-4H3. The van der Waals surface area contributed by atoms with Gasteiger partial charge >= 0.3 is 0 Å². The molecule has 0 unspecified atom stereocenters. The average molecular weight is 275 g/mol. The Labute approximate surface area is 126 Å². The van der Waals surface area contributed by atoms with E-state index in [1.807, 2.05) is 0 Å². The summed E-state index contributed by atoms with van der Waals surface area (Å²) < 4.78 is 0. The second kappa shape index (κ2) is 3.85. The first kappa shape index (κ1) is 12.8. The number of aromatic nitrogens is 1. The molecule has 2 aromatic carbocycles. The van der Waals surface area contributed by atoms with Crippen molar-refractivity contribution in [2.45, 2.75) is 44.9 Å². The van der Waals surface area contributed by atoms with Gasteiger partial charge in [-0.3, -0.25) is 4.98 Å². The molecule has 0 N–H and O–H groups in total. The fraction of sp³-hybridized carbons (Fsp3) is 0.350. The average Bonchev–Trinajstić information content (AvgIpc) is 2.63. The fourth-order valence-electron chi connectivity index (χ4n) is 4.47. The Morgan fingerprint density at radius 2 is 1.67 bits per heavy atom. The molecule has 0 amide bonds. The van der Waals surface area contributed by atoms with Gasteiger partial charge in [-0.05, 0) is 45.2 Å². The van der Waals surface area contributed by atoms with Crippen molar-refractivity contribution in [3.8, 4) is 0 Å². The van der Waals surface area contributed by atoms with Gasteiger partial charge in [-0.25, -0.2) is 0 Å². The van der Waals surface area contributed by atoms with Gasteiger partial charge in [0.1, 0.15) is 0 Å². The molecule has 21 heavy (non-hydrogen) atoms. The minimum Gasteiger partial charge on any atom is -0.256 e. The number of fused-ring (bicyclic) bond motifs is 5. The van der Waals surface area contributed by atoms with E-state index in [-0.39, 0.29) is 10.8 Å². The van der Waals surface area contributed by atoms with Crippen molar-refractivity contribution in [3.05, 3.63) is 53.7 Å². The molecule has 1 aliphatic carbocycles.